The Balaban J connectivity index is 1.37. The Bertz CT molecular complexity index is 1290. The van der Waals surface area contributed by atoms with E-state index in [9.17, 15) is 22.8 Å². The smallest absolute Gasteiger partial charge is 0.287 e. The third-order valence-electron chi connectivity index (χ3n) is 5.57. The zero-order valence-electron chi connectivity index (χ0n) is 18.4. The number of amides is 2. The summed E-state index contributed by atoms with van der Waals surface area (Å²) in [6.45, 7) is 1.26. The largest absolute Gasteiger partial charge is 0.451 e. The summed E-state index contributed by atoms with van der Waals surface area (Å²) in [6.07, 6.45) is 2.03. The fraction of sp³-hybridized carbons (Fsp3) is 0.304. The van der Waals surface area contributed by atoms with Crippen molar-refractivity contribution < 1.29 is 27.2 Å². The molecular weight excluding hydrogens is 460 g/mol. The maximum absolute atomic E-state index is 12.8. The van der Waals surface area contributed by atoms with Crippen LogP contribution in [0.5, 0.6) is 0 Å². The topological polar surface area (TPSA) is 139 Å². The third-order valence-corrected chi connectivity index (χ3v) is 7.33. The summed E-state index contributed by atoms with van der Waals surface area (Å²) in [5.74, 6) is -1.47. The first kappa shape index (κ1) is 23.6. The number of furan rings is 1. The Kier molecular flexibility index (Phi) is 6.75. The fourth-order valence-electron chi connectivity index (χ4n) is 3.71. The molecule has 11 heteroatoms. The second-order valence-corrected chi connectivity index (χ2v) is 9.90. The number of nitrogens with zero attached hydrogens (tertiary/aromatic N) is 2. The zero-order chi connectivity index (χ0) is 24.3. The molecule has 0 spiro atoms. The minimum absolute atomic E-state index is 0.0711. The van der Waals surface area contributed by atoms with Crippen molar-refractivity contribution in [1.82, 2.24) is 19.9 Å². The number of sulfonamides is 1. The van der Waals surface area contributed by atoms with Crippen molar-refractivity contribution in [3.05, 3.63) is 60.5 Å². The molecule has 0 radical (unpaired) electrons. The Morgan fingerprint density at radius 1 is 1.18 bits per heavy atom. The minimum atomic E-state index is -3.92. The number of carbonyl (C=O) groups excluding carboxylic acids is 3. The summed E-state index contributed by atoms with van der Waals surface area (Å²) >= 11 is 0. The van der Waals surface area contributed by atoms with Crippen LogP contribution in [0.3, 0.4) is 0 Å². The summed E-state index contributed by atoms with van der Waals surface area (Å²) in [5, 5.41) is 5.82. The van der Waals surface area contributed by atoms with Crippen LogP contribution in [0.4, 0.5) is 0 Å². The molecule has 0 aliphatic carbocycles. The summed E-state index contributed by atoms with van der Waals surface area (Å²) in [6, 6.07) is 11.5. The van der Waals surface area contributed by atoms with Crippen LogP contribution >= 0.6 is 0 Å². The van der Waals surface area contributed by atoms with Crippen LogP contribution in [0.25, 0.3) is 11.0 Å². The molecule has 2 amide bonds. The van der Waals surface area contributed by atoms with Gasteiger partial charge in [0.15, 0.2) is 16.6 Å². The molecule has 3 aromatic rings. The Morgan fingerprint density at radius 3 is 2.68 bits per heavy atom. The number of para-hydroxylation sites is 1. The highest BCUT2D eigenvalue weighted by Gasteiger charge is 2.34. The molecule has 2 atom stereocenters. The van der Waals surface area contributed by atoms with E-state index in [0.29, 0.717) is 12.0 Å². The number of Topliss-reactive ketones (excluding diaryl/α,β-unsaturated/α-hetero) is 1. The Morgan fingerprint density at radius 2 is 1.94 bits per heavy atom. The quantitative estimate of drug-likeness (QED) is 0.540. The van der Waals surface area contributed by atoms with Crippen LogP contribution in [0, 0.1) is 0 Å². The van der Waals surface area contributed by atoms with Crippen LogP contribution in [-0.4, -0.2) is 60.5 Å². The number of benzene rings is 1. The van der Waals surface area contributed by atoms with Crippen molar-refractivity contribution in [2.75, 3.05) is 13.1 Å². The molecule has 2 aromatic heterocycles. The van der Waals surface area contributed by atoms with Gasteiger partial charge in [-0.25, -0.2) is 13.4 Å². The van der Waals surface area contributed by atoms with Gasteiger partial charge in [0.1, 0.15) is 11.6 Å². The van der Waals surface area contributed by atoms with Crippen LogP contribution in [0.1, 0.15) is 30.3 Å². The van der Waals surface area contributed by atoms with Crippen molar-refractivity contribution in [3.63, 3.8) is 0 Å². The molecule has 2 N–H and O–H groups in total. The number of hydrogen-bond acceptors (Lipinski definition) is 7. The van der Waals surface area contributed by atoms with Gasteiger partial charge in [-0.15, -0.1) is 0 Å². The molecule has 178 valence electrons. The van der Waals surface area contributed by atoms with E-state index in [0.717, 1.165) is 9.69 Å². The summed E-state index contributed by atoms with van der Waals surface area (Å²) in [7, 11) is -3.92. The van der Waals surface area contributed by atoms with Crippen LogP contribution in [0.15, 0.2) is 64.2 Å². The minimum Gasteiger partial charge on any atom is -0.451 e. The van der Waals surface area contributed by atoms with E-state index in [1.54, 1.807) is 36.4 Å². The lowest BCUT2D eigenvalue weighted by Crippen LogP contribution is -2.51. The van der Waals surface area contributed by atoms with Gasteiger partial charge in [0.05, 0.1) is 12.6 Å². The lowest BCUT2D eigenvalue weighted by atomic mass is 10.1. The Labute approximate surface area is 196 Å². The van der Waals surface area contributed by atoms with Crippen molar-refractivity contribution in [2.45, 2.75) is 36.9 Å². The van der Waals surface area contributed by atoms with E-state index in [2.05, 4.69) is 15.6 Å². The lowest BCUT2D eigenvalue weighted by Gasteiger charge is -2.20. The van der Waals surface area contributed by atoms with Gasteiger partial charge in [-0.2, -0.15) is 4.31 Å². The maximum atomic E-state index is 12.8. The van der Waals surface area contributed by atoms with E-state index in [4.69, 9.17) is 4.42 Å². The molecule has 1 aliphatic heterocycles. The highest BCUT2D eigenvalue weighted by atomic mass is 32.2. The van der Waals surface area contributed by atoms with Gasteiger partial charge >= 0.3 is 0 Å². The van der Waals surface area contributed by atoms with Gasteiger partial charge < -0.3 is 15.1 Å². The summed E-state index contributed by atoms with van der Waals surface area (Å²) < 4.78 is 32.2. The number of ketones is 1. The first-order valence-electron chi connectivity index (χ1n) is 10.8. The standard InChI is InChI=1S/C23H24N4O6S/c1-15(25-23(30)20-13-16-7-2-3-9-19(16)33-20)22(29)26-17-8-6-12-27(14-18(17)28)34(31,32)21-10-4-5-11-24-21/h2-5,7,9-11,13,15,17H,6,8,12,14H2,1H3,(H,25,30)(H,26,29)/t15-,17?/m0/s1. The van der Waals surface area contributed by atoms with E-state index < -0.39 is 39.7 Å². The normalized spacial score (nSPS) is 18.3. The molecule has 1 aromatic carbocycles. The fourth-order valence-corrected chi connectivity index (χ4v) is 5.09. The first-order chi connectivity index (χ1) is 16.3. The van der Waals surface area contributed by atoms with E-state index in [1.165, 1.54) is 19.2 Å². The summed E-state index contributed by atoms with van der Waals surface area (Å²) in [5.41, 5.74) is 0.555. The highest BCUT2D eigenvalue weighted by Crippen LogP contribution is 2.19. The van der Waals surface area contributed by atoms with Gasteiger partial charge in [0, 0.05) is 18.1 Å². The average Bonchev–Trinajstić information content (AvgIpc) is 3.18. The van der Waals surface area contributed by atoms with Gasteiger partial charge in [-0.1, -0.05) is 24.3 Å². The van der Waals surface area contributed by atoms with Crippen LogP contribution < -0.4 is 10.6 Å². The molecule has 1 aliphatic rings. The first-order valence-corrected chi connectivity index (χ1v) is 12.2. The molecular formula is C23H24N4O6S. The monoisotopic (exact) mass is 484 g/mol. The van der Waals surface area contributed by atoms with E-state index in [-0.39, 0.29) is 30.3 Å². The van der Waals surface area contributed by atoms with Gasteiger partial charge in [-0.05, 0) is 44.0 Å². The van der Waals surface area contributed by atoms with Crippen molar-refractivity contribution >= 4 is 38.6 Å². The van der Waals surface area contributed by atoms with E-state index >= 15 is 0 Å². The molecule has 3 heterocycles. The number of rotatable bonds is 6. The predicted molar refractivity (Wildman–Crippen MR) is 122 cm³/mol. The van der Waals surface area contributed by atoms with Crippen LogP contribution in [-0.2, 0) is 19.6 Å². The van der Waals surface area contributed by atoms with Crippen molar-refractivity contribution in [1.29, 1.82) is 0 Å². The summed E-state index contributed by atoms with van der Waals surface area (Å²) in [4.78, 5) is 41.8. The second-order valence-electron chi connectivity index (χ2n) is 8.02. The molecule has 4 rings (SSSR count). The maximum Gasteiger partial charge on any atom is 0.287 e. The van der Waals surface area contributed by atoms with Crippen molar-refractivity contribution in [3.8, 4) is 0 Å². The predicted octanol–water partition coefficient (Wildman–Crippen LogP) is 1.48. The lowest BCUT2D eigenvalue weighted by molar-refractivity contribution is -0.128. The van der Waals surface area contributed by atoms with E-state index in [1.807, 2.05) is 6.07 Å². The molecule has 1 unspecified atom stereocenters. The number of hydrogen-bond donors (Lipinski definition) is 2. The molecule has 0 bridgehead atoms. The number of nitrogens with one attached hydrogen (secondary N) is 2. The van der Waals surface area contributed by atoms with Gasteiger partial charge in [0.2, 0.25) is 5.91 Å². The van der Waals surface area contributed by atoms with Gasteiger partial charge in [-0.3, -0.25) is 14.4 Å². The Hall–Kier alpha value is -3.57. The number of carbonyl (C=O) groups is 3. The molecule has 10 nitrogen and oxygen atoms in total. The van der Waals surface area contributed by atoms with Crippen LogP contribution in [0.2, 0.25) is 0 Å². The van der Waals surface area contributed by atoms with Gasteiger partial charge in [0.25, 0.3) is 15.9 Å². The molecule has 1 saturated heterocycles. The second kappa shape index (κ2) is 9.74. The third kappa shape index (κ3) is 5.00. The highest BCUT2D eigenvalue weighted by molar-refractivity contribution is 7.89. The number of pyridine rings is 1. The number of fused-ring (bicyclic) bond motifs is 1. The SMILES string of the molecule is C[C@H](NC(=O)c1cc2ccccc2o1)C(=O)NC1CCCN(S(=O)(=O)c2ccccn2)CC1=O. The molecule has 1 fully saturated rings. The number of aromatic nitrogens is 1. The molecule has 34 heavy (non-hydrogen) atoms. The average molecular weight is 485 g/mol. The zero-order valence-corrected chi connectivity index (χ0v) is 19.2. The molecule has 0 saturated carbocycles. The van der Waals surface area contributed by atoms with Crippen molar-refractivity contribution in [2.24, 2.45) is 0 Å².